The van der Waals surface area contributed by atoms with Gasteiger partial charge in [-0.1, -0.05) is 20.8 Å². The maximum Gasteiger partial charge on any atom is 0.251 e. The first-order valence-electron chi connectivity index (χ1n) is 7.62. The number of ether oxygens (including phenoxy) is 1. The van der Waals surface area contributed by atoms with E-state index in [9.17, 15) is 4.79 Å². The van der Waals surface area contributed by atoms with Crippen molar-refractivity contribution in [3.8, 4) is 0 Å². The van der Waals surface area contributed by atoms with Gasteiger partial charge in [0.2, 0.25) is 0 Å². The summed E-state index contributed by atoms with van der Waals surface area (Å²) in [6.07, 6.45) is 1.83. The number of aryl methyl sites for hydroxylation is 1. The van der Waals surface area contributed by atoms with Crippen LogP contribution in [-0.2, 0) is 11.2 Å². The molecule has 0 saturated heterocycles. The van der Waals surface area contributed by atoms with Crippen LogP contribution in [0.25, 0.3) is 0 Å². The zero-order valence-corrected chi connectivity index (χ0v) is 13.5. The molecule has 5 nitrogen and oxygen atoms in total. The molecule has 0 aromatic carbocycles. The number of pyridine rings is 1. The van der Waals surface area contributed by atoms with Gasteiger partial charge in [0.05, 0.1) is 6.61 Å². The van der Waals surface area contributed by atoms with Crippen molar-refractivity contribution in [3.63, 3.8) is 0 Å². The van der Waals surface area contributed by atoms with E-state index in [-0.39, 0.29) is 5.91 Å². The highest BCUT2D eigenvalue weighted by Gasteiger charge is 2.10. The van der Waals surface area contributed by atoms with Gasteiger partial charge in [0, 0.05) is 31.5 Å². The molecular formula is C16H27N3O2. The summed E-state index contributed by atoms with van der Waals surface area (Å²) in [6, 6.07) is 3.67. The predicted octanol–water partition coefficient (Wildman–Crippen LogP) is 2.48. The number of methoxy groups -OCH3 is 1. The van der Waals surface area contributed by atoms with Crippen LogP contribution in [0.3, 0.4) is 0 Å². The van der Waals surface area contributed by atoms with Crippen LogP contribution in [-0.4, -0.2) is 37.7 Å². The molecule has 0 aliphatic heterocycles. The van der Waals surface area contributed by atoms with Crippen molar-refractivity contribution in [1.29, 1.82) is 0 Å². The topological polar surface area (TPSA) is 63.2 Å². The van der Waals surface area contributed by atoms with Gasteiger partial charge in [0.15, 0.2) is 0 Å². The minimum Gasteiger partial charge on any atom is -0.384 e. The number of carbonyl (C=O) groups is 1. The average Bonchev–Trinajstić information content (AvgIpc) is 2.50. The Balaban J connectivity index is 2.73. The van der Waals surface area contributed by atoms with Gasteiger partial charge < -0.3 is 15.4 Å². The summed E-state index contributed by atoms with van der Waals surface area (Å²) in [7, 11) is 1.67. The molecule has 0 aliphatic rings. The lowest BCUT2D eigenvalue weighted by atomic mass is 10.1. The predicted molar refractivity (Wildman–Crippen MR) is 85.8 cm³/mol. The molecule has 0 radical (unpaired) electrons. The molecule has 1 amide bonds. The van der Waals surface area contributed by atoms with E-state index < -0.39 is 0 Å². The Kier molecular flexibility index (Phi) is 7.75. The first-order valence-corrected chi connectivity index (χ1v) is 7.62. The second-order valence-electron chi connectivity index (χ2n) is 5.28. The Morgan fingerprint density at radius 3 is 2.76 bits per heavy atom. The molecule has 1 heterocycles. The van der Waals surface area contributed by atoms with Gasteiger partial charge in [-0.3, -0.25) is 4.79 Å². The van der Waals surface area contributed by atoms with E-state index in [1.807, 2.05) is 26.0 Å². The number of nitrogens with zero attached hydrogens (tertiary/aromatic N) is 1. The van der Waals surface area contributed by atoms with Crippen molar-refractivity contribution in [1.82, 2.24) is 10.3 Å². The molecule has 0 aliphatic carbocycles. The Hall–Kier alpha value is -1.62. The Morgan fingerprint density at radius 2 is 2.14 bits per heavy atom. The fourth-order valence-electron chi connectivity index (χ4n) is 1.96. The van der Waals surface area contributed by atoms with Gasteiger partial charge in [-0.05, 0) is 30.9 Å². The summed E-state index contributed by atoms with van der Waals surface area (Å²) in [4.78, 5) is 16.7. The normalized spacial score (nSPS) is 12.0. The van der Waals surface area contributed by atoms with Crippen LogP contribution in [0.1, 0.15) is 43.2 Å². The number of anilines is 1. The van der Waals surface area contributed by atoms with Crippen LogP contribution in [0.5, 0.6) is 0 Å². The molecule has 0 saturated carbocycles. The average molecular weight is 293 g/mol. The second kappa shape index (κ2) is 9.34. The third-order valence-electron chi connectivity index (χ3n) is 3.12. The largest absolute Gasteiger partial charge is 0.384 e. The van der Waals surface area contributed by atoms with Crippen molar-refractivity contribution in [2.24, 2.45) is 5.92 Å². The Bertz CT molecular complexity index is 449. The summed E-state index contributed by atoms with van der Waals surface area (Å²) >= 11 is 0. The number of hydrogen-bond acceptors (Lipinski definition) is 4. The standard InChI is InChI=1S/C16H27N3O2/c1-5-7-17-15-9-13(8-14(6-2)19-15)16(20)18-10-12(3)11-21-4/h8-9,12H,5-7,10-11H2,1-4H3,(H,17,19)(H,18,20). The summed E-state index contributed by atoms with van der Waals surface area (Å²) in [5, 5.41) is 6.18. The van der Waals surface area contributed by atoms with Crippen molar-refractivity contribution >= 4 is 11.7 Å². The van der Waals surface area contributed by atoms with Gasteiger partial charge in [0.25, 0.3) is 5.91 Å². The number of amides is 1. The Labute approximate surface area is 127 Å². The van der Waals surface area contributed by atoms with Gasteiger partial charge in [-0.2, -0.15) is 0 Å². The minimum absolute atomic E-state index is 0.0606. The van der Waals surface area contributed by atoms with Crippen LogP contribution in [0, 0.1) is 5.92 Å². The first-order chi connectivity index (χ1) is 10.1. The van der Waals surface area contributed by atoms with Gasteiger partial charge in [-0.25, -0.2) is 4.98 Å². The van der Waals surface area contributed by atoms with E-state index in [1.54, 1.807) is 7.11 Å². The van der Waals surface area contributed by atoms with Crippen molar-refractivity contribution in [3.05, 3.63) is 23.4 Å². The van der Waals surface area contributed by atoms with Crippen molar-refractivity contribution in [2.75, 3.05) is 32.1 Å². The van der Waals surface area contributed by atoms with E-state index in [4.69, 9.17) is 4.74 Å². The molecule has 5 heteroatoms. The van der Waals surface area contributed by atoms with Crippen LogP contribution >= 0.6 is 0 Å². The molecule has 1 atom stereocenters. The molecule has 1 aromatic heterocycles. The maximum absolute atomic E-state index is 12.2. The first kappa shape index (κ1) is 17.4. The molecule has 2 N–H and O–H groups in total. The second-order valence-corrected chi connectivity index (χ2v) is 5.28. The van der Waals surface area contributed by atoms with E-state index >= 15 is 0 Å². The zero-order chi connectivity index (χ0) is 15.7. The SMILES string of the molecule is CCCNc1cc(C(=O)NCC(C)COC)cc(CC)n1. The van der Waals surface area contributed by atoms with E-state index in [0.717, 1.165) is 30.9 Å². The van der Waals surface area contributed by atoms with Gasteiger partial charge in [-0.15, -0.1) is 0 Å². The molecular weight excluding hydrogens is 266 g/mol. The summed E-state index contributed by atoms with van der Waals surface area (Å²) in [5.41, 5.74) is 1.58. The van der Waals surface area contributed by atoms with Crippen molar-refractivity contribution in [2.45, 2.75) is 33.6 Å². The number of nitrogens with one attached hydrogen (secondary N) is 2. The Morgan fingerprint density at radius 1 is 1.38 bits per heavy atom. The van der Waals surface area contributed by atoms with Crippen LogP contribution in [0.4, 0.5) is 5.82 Å². The molecule has 0 spiro atoms. The lowest BCUT2D eigenvalue weighted by Crippen LogP contribution is -2.30. The number of hydrogen-bond donors (Lipinski definition) is 2. The van der Waals surface area contributed by atoms with E-state index in [2.05, 4.69) is 22.5 Å². The van der Waals surface area contributed by atoms with Crippen LogP contribution in [0.2, 0.25) is 0 Å². The van der Waals surface area contributed by atoms with Gasteiger partial charge in [0.1, 0.15) is 5.82 Å². The summed E-state index contributed by atoms with van der Waals surface area (Å²) in [6.45, 7) is 8.28. The monoisotopic (exact) mass is 293 g/mol. The van der Waals surface area contributed by atoms with Crippen LogP contribution < -0.4 is 10.6 Å². The fraction of sp³-hybridized carbons (Fsp3) is 0.625. The smallest absolute Gasteiger partial charge is 0.251 e. The quantitative estimate of drug-likeness (QED) is 0.734. The minimum atomic E-state index is -0.0606. The molecule has 1 rings (SSSR count). The molecule has 1 aromatic rings. The highest BCUT2D eigenvalue weighted by molar-refractivity contribution is 5.95. The number of carbonyl (C=O) groups excluding carboxylic acids is 1. The van der Waals surface area contributed by atoms with Crippen LogP contribution in [0.15, 0.2) is 12.1 Å². The fourth-order valence-corrected chi connectivity index (χ4v) is 1.96. The summed E-state index contributed by atoms with van der Waals surface area (Å²) < 4.78 is 5.07. The maximum atomic E-state index is 12.2. The van der Waals surface area contributed by atoms with E-state index in [1.165, 1.54) is 0 Å². The van der Waals surface area contributed by atoms with E-state index in [0.29, 0.717) is 24.6 Å². The lowest BCUT2D eigenvalue weighted by Gasteiger charge is -2.13. The summed E-state index contributed by atoms with van der Waals surface area (Å²) in [5.74, 6) is 1.00. The molecule has 21 heavy (non-hydrogen) atoms. The zero-order valence-electron chi connectivity index (χ0n) is 13.5. The lowest BCUT2D eigenvalue weighted by molar-refractivity contribution is 0.0934. The third kappa shape index (κ3) is 6.12. The highest BCUT2D eigenvalue weighted by atomic mass is 16.5. The highest BCUT2D eigenvalue weighted by Crippen LogP contribution is 2.11. The molecule has 1 unspecified atom stereocenters. The van der Waals surface area contributed by atoms with Crippen molar-refractivity contribution < 1.29 is 9.53 Å². The van der Waals surface area contributed by atoms with Gasteiger partial charge >= 0.3 is 0 Å². The number of aromatic nitrogens is 1. The molecule has 118 valence electrons. The number of rotatable bonds is 9. The molecule has 0 bridgehead atoms. The third-order valence-corrected chi connectivity index (χ3v) is 3.12. The molecule has 0 fully saturated rings.